The maximum absolute atomic E-state index is 12.7. The second-order valence-electron chi connectivity index (χ2n) is 5.73. The Labute approximate surface area is 125 Å². The summed E-state index contributed by atoms with van der Waals surface area (Å²) in [6.45, 7) is 1.93. The first-order chi connectivity index (χ1) is 10.2. The lowest BCUT2D eigenvalue weighted by molar-refractivity contribution is -0.134. The largest absolute Gasteiger partial charge is 0.384 e. The van der Waals surface area contributed by atoms with Crippen LogP contribution in [0.1, 0.15) is 5.56 Å². The van der Waals surface area contributed by atoms with Gasteiger partial charge in [-0.3, -0.25) is 4.79 Å². The highest BCUT2D eigenvalue weighted by atomic mass is 16.5. The van der Waals surface area contributed by atoms with E-state index in [1.807, 2.05) is 17.0 Å². The van der Waals surface area contributed by atoms with Gasteiger partial charge in [0.1, 0.15) is 12.2 Å². The normalized spacial score (nSPS) is 28.1. The Kier molecular flexibility index (Phi) is 4.12. The lowest BCUT2D eigenvalue weighted by Crippen LogP contribution is -2.40. The number of amides is 1. The second-order valence-corrected chi connectivity index (χ2v) is 5.73. The molecular weight excluding hydrogens is 268 g/mol. The molecule has 1 fully saturated rings. The fraction of sp³-hybridized carbons (Fsp3) is 0.562. The SMILES string of the molecule is COC1CN(C(=O)C2CNc3ccccc3C2)CC1OC. The van der Waals surface area contributed by atoms with Gasteiger partial charge in [-0.25, -0.2) is 0 Å². The number of hydrogen-bond donors (Lipinski definition) is 1. The monoisotopic (exact) mass is 290 g/mol. The third kappa shape index (κ3) is 2.76. The molecule has 2 aliphatic rings. The van der Waals surface area contributed by atoms with Crippen molar-refractivity contribution >= 4 is 11.6 Å². The Morgan fingerprint density at radius 1 is 1.19 bits per heavy atom. The first-order valence-electron chi connectivity index (χ1n) is 7.39. The number of methoxy groups -OCH3 is 2. The number of fused-ring (bicyclic) bond motifs is 1. The Hall–Kier alpha value is -1.59. The highest BCUT2D eigenvalue weighted by Crippen LogP contribution is 2.27. The van der Waals surface area contributed by atoms with Gasteiger partial charge in [-0.05, 0) is 18.1 Å². The van der Waals surface area contributed by atoms with E-state index in [4.69, 9.17) is 9.47 Å². The first kappa shape index (κ1) is 14.4. The molecule has 3 unspecified atom stereocenters. The van der Waals surface area contributed by atoms with Gasteiger partial charge in [0.15, 0.2) is 0 Å². The summed E-state index contributed by atoms with van der Waals surface area (Å²) in [6, 6.07) is 8.18. The van der Waals surface area contributed by atoms with Crippen LogP contribution in [-0.2, 0) is 20.7 Å². The van der Waals surface area contributed by atoms with Gasteiger partial charge in [-0.1, -0.05) is 18.2 Å². The summed E-state index contributed by atoms with van der Waals surface area (Å²) in [7, 11) is 3.34. The molecule has 1 aromatic rings. The van der Waals surface area contributed by atoms with Gasteiger partial charge in [-0.15, -0.1) is 0 Å². The number of benzene rings is 1. The first-order valence-corrected chi connectivity index (χ1v) is 7.39. The fourth-order valence-corrected chi connectivity index (χ4v) is 3.25. The predicted molar refractivity (Wildman–Crippen MR) is 80.3 cm³/mol. The van der Waals surface area contributed by atoms with Crippen molar-refractivity contribution in [1.82, 2.24) is 4.90 Å². The zero-order valence-electron chi connectivity index (χ0n) is 12.5. The lowest BCUT2D eigenvalue weighted by atomic mass is 9.93. The number of ether oxygens (including phenoxy) is 2. The summed E-state index contributed by atoms with van der Waals surface area (Å²) < 4.78 is 10.8. The van der Waals surface area contributed by atoms with Crippen LogP contribution < -0.4 is 5.32 Å². The third-order valence-electron chi connectivity index (χ3n) is 4.50. The summed E-state index contributed by atoms with van der Waals surface area (Å²) in [5.74, 6) is 0.187. The molecule has 3 rings (SSSR count). The topological polar surface area (TPSA) is 50.8 Å². The van der Waals surface area contributed by atoms with Crippen LogP contribution in [0.3, 0.4) is 0 Å². The van der Waals surface area contributed by atoms with Crippen LogP contribution in [0, 0.1) is 5.92 Å². The third-order valence-corrected chi connectivity index (χ3v) is 4.50. The average molecular weight is 290 g/mol. The minimum absolute atomic E-state index is 0.00647. The minimum atomic E-state index is -0.0252. The van der Waals surface area contributed by atoms with Gasteiger partial charge in [-0.2, -0.15) is 0 Å². The van der Waals surface area contributed by atoms with Gasteiger partial charge in [0.05, 0.1) is 5.92 Å². The number of anilines is 1. The number of likely N-dealkylation sites (tertiary alicyclic amines) is 1. The highest BCUT2D eigenvalue weighted by molar-refractivity contribution is 5.81. The van der Waals surface area contributed by atoms with E-state index >= 15 is 0 Å². The maximum atomic E-state index is 12.7. The number of para-hydroxylation sites is 1. The van der Waals surface area contributed by atoms with Crippen molar-refractivity contribution in [2.75, 3.05) is 39.2 Å². The molecular formula is C16H22N2O3. The highest BCUT2D eigenvalue weighted by Gasteiger charge is 2.38. The number of rotatable bonds is 3. The molecule has 3 atom stereocenters. The van der Waals surface area contributed by atoms with E-state index in [2.05, 4.69) is 17.4 Å². The zero-order valence-corrected chi connectivity index (χ0v) is 12.5. The molecule has 1 saturated heterocycles. The molecule has 0 aliphatic carbocycles. The van der Waals surface area contributed by atoms with E-state index < -0.39 is 0 Å². The van der Waals surface area contributed by atoms with Crippen molar-refractivity contribution in [1.29, 1.82) is 0 Å². The molecule has 21 heavy (non-hydrogen) atoms. The van der Waals surface area contributed by atoms with E-state index in [1.165, 1.54) is 5.56 Å². The number of nitrogens with one attached hydrogen (secondary N) is 1. The lowest BCUT2D eigenvalue weighted by Gasteiger charge is -2.28. The number of carbonyl (C=O) groups is 1. The Bertz CT molecular complexity index is 508. The summed E-state index contributed by atoms with van der Waals surface area (Å²) >= 11 is 0. The molecule has 0 radical (unpaired) electrons. The summed E-state index contributed by atoms with van der Waals surface area (Å²) in [5, 5.41) is 3.36. The Morgan fingerprint density at radius 2 is 1.86 bits per heavy atom. The zero-order chi connectivity index (χ0) is 14.8. The minimum Gasteiger partial charge on any atom is -0.384 e. The molecule has 1 aromatic carbocycles. The smallest absolute Gasteiger partial charge is 0.227 e. The van der Waals surface area contributed by atoms with Gasteiger partial charge in [0.25, 0.3) is 0 Å². The van der Waals surface area contributed by atoms with Gasteiger partial charge < -0.3 is 19.7 Å². The molecule has 0 aromatic heterocycles. The van der Waals surface area contributed by atoms with Crippen LogP contribution in [0.5, 0.6) is 0 Å². The molecule has 2 heterocycles. The summed E-state index contributed by atoms with van der Waals surface area (Å²) in [4.78, 5) is 14.6. The van der Waals surface area contributed by atoms with Crippen LogP contribution in [-0.4, -0.2) is 56.9 Å². The van der Waals surface area contributed by atoms with Crippen LogP contribution in [0.15, 0.2) is 24.3 Å². The Balaban J connectivity index is 1.67. The molecule has 0 saturated carbocycles. The standard InChI is InChI=1S/C16H22N2O3/c1-20-14-9-18(10-15(14)21-2)16(19)12-7-11-5-3-4-6-13(11)17-8-12/h3-6,12,14-15,17H,7-10H2,1-2H3. The van der Waals surface area contributed by atoms with E-state index in [9.17, 15) is 4.79 Å². The second kappa shape index (κ2) is 6.03. The van der Waals surface area contributed by atoms with E-state index in [1.54, 1.807) is 14.2 Å². The summed E-state index contributed by atoms with van der Waals surface area (Å²) in [5.41, 5.74) is 2.36. The van der Waals surface area contributed by atoms with E-state index in [0.717, 1.165) is 12.1 Å². The maximum Gasteiger partial charge on any atom is 0.227 e. The van der Waals surface area contributed by atoms with Gasteiger partial charge in [0, 0.05) is 39.5 Å². The molecule has 1 amide bonds. The molecule has 0 spiro atoms. The predicted octanol–water partition coefficient (Wildman–Crippen LogP) is 1.14. The van der Waals surface area contributed by atoms with Crippen LogP contribution >= 0.6 is 0 Å². The molecule has 0 bridgehead atoms. The Morgan fingerprint density at radius 3 is 2.52 bits per heavy atom. The van der Waals surface area contributed by atoms with Crippen molar-refractivity contribution in [3.63, 3.8) is 0 Å². The van der Waals surface area contributed by atoms with Crippen molar-refractivity contribution in [2.45, 2.75) is 18.6 Å². The average Bonchev–Trinajstić information content (AvgIpc) is 2.97. The van der Waals surface area contributed by atoms with Crippen LogP contribution in [0.25, 0.3) is 0 Å². The van der Waals surface area contributed by atoms with E-state index in [0.29, 0.717) is 19.6 Å². The van der Waals surface area contributed by atoms with Crippen molar-refractivity contribution < 1.29 is 14.3 Å². The molecule has 114 valence electrons. The van der Waals surface area contributed by atoms with Gasteiger partial charge >= 0.3 is 0 Å². The summed E-state index contributed by atoms with van der Waals surface area (Å²) in [6.07, 6.45) is 0.749. The van der Waals surface area contributed by atoms with Crippen molar-refractivity contribution in [3.05, 3.63) is 29.8 Å². The van der Waals surface area contributed by atoms with Crippen LogP contribution in [0.4, 0.5) is 5.69 Å². The van der Waals surface area contributed by atoms with Gasteiger partial charge in [0.2, 0.25) is 5.91 Å². The van der Waals surface area contributed by atoms with Crippen LogP contribution in [0.2, 0.25) is 0 Å². The molecule has 1 N–H and O–H groups in total. The molecule has 5 heteroatoms. The van der Waals surface area contributed by atoms with Crippen molar-refractivity contribution in [3.8, 4) is 0 Å². The fourth-order valence-electron chi connectivity index (χ4n) is 3.25. The number of nitrogens with zero attached hydrogens (tertiary/aromatic N) is 1. The number of hydrogen-bond acceptors (Lipinski definition) is 4. The molecule has 2 aliphatic heterocycles. The van der Waals surface area contributed by atoms with E-state index in [-0.39, 0.29) is 24.0 Å². The van der Waals surface area contributed by atoms with Crippen molar-refractivity contribution in [2.24, 2.45) is 5.92 Å². The quantitative estimate of drug-likeness (QED) is 0.907. The molecule has 5 nitrogen and oxygen atoms in total. The number of carbonyl (C=O) groups excluding carboxylic acids is 1.